The lowest BCUT2D eigenvalue weighted by Crippen LogP contribution is -2.62. The van der Waals surface area contributed by atoms with Crippen LogP contribution in [0.4, 0.5) is 13.2 Å². The molecule has 1 heterocycles. The van der Waals surface area contributed by atoms with Gasteiger partial charge < -0.3 is 10.6 Å². The van der Waals surface area contributed by atoms with Gasteiger partial charge in [0.1, 0.15) is 0 Å². The average Bonchev–Trinajstić information content (AvgIpc) is 2.50. The van der Waals surface area contributed by atoms with E-state index in [4.69, 9.17) is 5.73 Å². The third-order valence-electron chi connectivity index (χ3n) is 4.27. The Kier molecular flexibility index (Phi) is 4.79. The maximum absolute atomic E-state index is 12.8. The van der Waals surface area contributed by atoms with E-state index in [2.05, 4.69) is 20.8 Å². The molecule has 1 amide bonds. The van der Waals surface area contributed by atoms with Crippen LogP contribution in [0.25, 0.3) is 0 Å². The van der Waals surface area contributed by atoms with Crippen LogP contribution < -0.4 is 5.73 Å². The largest absolute Gasteiger partial charge is 0.415 e. The van der Waals surface area contributed by atoms with Crippen molar-refractivity contribution in [2.45, 2.75) is 58.7 Å². The van der Waals surface area contributed by atoms with Crippen molar-refractivity contribution in [2.75, 3.05) is 13.1 Å². The first-order valence-corrected chi connectivity index (χ1v) is 7.02. The standard InChI is InChI=1S/C14H25F3N2O/c1-12(2,3)10-6-5-8-19(9-7-10)11(20)13(4,18)14(15,16)17/h10H,5-9,18H2,1-4H3. The molecule has 0 aliphatic carbocycles. The number of alkyl halides is 3. The smallest absolute Gasteiger partial charge is 0.341 e. The van der Waals surface area contributed by atoms with Gasteiger partial charge >= 0.3 is 6.18 Å². The van der Waals surface area contributed by atoms with Crippen molar-refractivity contribution in [1.82, 2.24) is 4.90 Å². The lowest BCUT2D eigenvalue weighted by molar-refractivity contribution is -0.193. The number of likely N-dealkylation sites (tertiary alicyclic amines) is 1. The van der Waals surface area contributed by atoms with Crippen molar-refractivity contribution in [3.05, 3.63) is 0 Å². The van der Waals surface area contributed by atoms with Gasteiger partial charge in [-0.2, -0.15) is 13.2 Å². The number of carbonyl (C=O) groups is 1. The average molecular weight is 294 g/mol. The first-order valence-electron chi connectivity index (χ1n) is 7.02. The highest BCUT2D eigenvalue weighted by Gasteiger charge is 2.55. The Morgan fingerprint density at radius 1 is 1.10 bits per heavy atom. The number of amides is 1. The van der Waals surface area contributed by atoms with E-state index in [9.17, 15) is 18.0 Å². The number of rotatable bonds is 1. The van der Waals surface area contributed by atoms with Gasteiger partial charge in [-0.1, -0.05) is 20.8 Å². The molecule has 118 valence electrons. The molecule has 3 nitrogen and oxygen atoms in total. The predicted octanol–water partition coefficient (Wildman–Crippen LogP) is 2.94. The van der Waals surface area contributed by atoms with Crippen LogP contribution in [0.1, 0.15) is 47.0 Å². The van der Waals surface area contributed by atoms with E-state index >= 15 is 0 Å². The van der Waals surface area contributed by atoms with E-state index in [1.165, 1.54) is 4.90 Å². The minimum absolute atomic E-state index is 0.106. The number of halogens is 3. The molecular formula is C14H25F3N2O. The van der Waals surface area contributed by atoms with Crippen molar-refractivity contribution in [2.24, 2.45) is 17.1 Å². The zero-order chi connectivity index (χ0) is 15.8. The molecule has 0 aromatic heterocycles. The number of nitrogens with two attached hydrogens (primary N) is 1. The highest BCUT2D eigenvalue weighted by atomic mass is 19.4. The first kappa shape index (κ1) is 17.3. The molecule has 2 unspecified atom stereocenters. The molecule has 1 saturated heterocycles. The molecular weight excluding hydrogens is 269 g/mol. The van der Waals surface area contributed by atoms with Crippen LogP contribution in [0, 0.1) is 11.3 Å². The van der Waals surface area contributed by atoms with E-state index in [1.54, 1.807) is 0 Å². The van der Waals surface area contributed by atoms with Crippen LogP contribution in [0.3, 0.4) is 0 Å². The van der Waals surface area contributed by atoms with Crippen LogP contribution in [-0.4, -0.2) is 35.6 Å². The second-order valence-corrected chi connectivity index (χ2v) is 6.99. The summed E-state index contributed by atoms with van der Waals surface area (Å²) >= 11 is 0. The van der Waals surface area contributed by atoms with Gasteiger partial charge in [-0.15, -0.1) is 0 Å². The fourth-order valence-electron chi connectivity index (χ4n) is 2.62. The number of nitrogens with zero attached hydrogens (tertiary/aromatic N) is 1. The highest BCUT2D eigenvalue weighted by molar-refractivity contribution is 5.86. The number of hydrogen-bond acceptors (Lipinski definition) is 2. The lowest BCUT2D eigenvalue weighted by atomic mass is 9.77. The van der Waals surface area contributed by atoms with Crippen LogP contribution >= 0.6 is 0 Å². The van der Waals surface area contributed by atoms with E-state index in [0.717, 1.165) is 26.2 Å². The Balaban J connectivity index is 2.78. The summed E-state index contributed by atoms with van der Waals surface area (Å²) in [5.74, 6) is -0.602. The summed E-state index contributed by atoms with van der Waals surface area (Å²) in [6, 6.07) is 0. The normalized spacial score (nSPS) is 25.0. The second-order valence-electron chi connectivity index (χ2n) is 6.99. The molecule has 0 bridgehead atoms. The summed E-state index contributed by atoms with van der Waals surface area (Å²) in [7, 11) is 0. The van der Waals surface area contributed by atoms with Crippen molar-refractivity contribution >= 4 is 5.91 Å². The Morgan fingerprint density at radius 2 is 1.65 bits per heavy atom. The lowest BCUT2D eigenvalue weighted by Gasteiger charge is -2.33. The molecule has 1 rings (SSSR count). The summed E-state index contributed by atoms with van der Waals surface area (Å²) in [5, 5.41) is 0. The molecule has 2 atom stereocenters. The Morgan fingerprint density at radius 3 is 2.10 bits per heavy atom. The fraction of sp³-hybridized carbons (Fsp3) is 0.929. The molecule has 20 heavy (non-hydrogen) atoms. The van der Waals surface area contributed by atoms with Crippen molar-refractivity contribution < 1.29 is 18.0 Å². The monoisotopic (exact) mass is 294 g/mol. The minimum atomic E-state index is -4.72. The van der Waals surface area contributed by atoms with E-state index in [0.29, 0.717) is 19.0 Å². The fourth-order valence-corrected chi connectivity index (χ4v) is 2.62. The summed E-state index contributed by atoms with van der Waals surface area (Å²) in [5.41, 5.74) is 2.53. The van der Waals surface area contributed by atoms with Gasteiger partial charge in [0.25, 0.3) is 5.91 Å². The molecule has 1 aliphatic heterocycles. The van der Waals surface area contributed by atoms with Gasteiger partial charge in [-0.25, -0.2) is 0 Å². The number of hydrogen-bond donors (Lipinski definition) is 1. The molecule has 0 radical (unpaired) electrons. The third-order valence-corrected chi connectivity index (χ3v) is 4.27. The zero-order valence-electron chi connectivity index (χ0n) is 12.7. The van der Waals surface area contributed by atoms with Gasteiger partial charge in [-0.3, -0.25) is 4.79 Å². The van der Waals surface area contributed by atoms with Crippen molar-refractivity contribution in [3.63, 3.8) is 0 Å². The summed E-state index contributed by atoms with van der Waals surface area (Å²) < 4.78 is 38.5. The van der Waals surface area contributed by atoms with E-state index in [1.807, 2.05) is 0 Å². The molecule has 0 saturated carbocycles. The first-order chi connectivity index (χ1) is 8.87. The highest BCUT2D eigenvalue weighted by Crippen LogP contribution is 2.35. The molecule has 6 heteroatoms. The van der Waals surface area contributed by atoms with Gasteiger partial charge in [0.15, 0.2) is 5.54 Å². The Bertz CT molecular complexity index is 358. The van der Waals surface area contributed by atoms with Crippen molar-refractivity contribution in [3.8, 4) is 0 Å². The summed E-state index contributed by atoms with van der Waals surface area (Å²) in [6.07, 6.45) is -2.34. The van der Waals surface area contributed by atoms with E-state index in [-0.39, 0.29) is 5.41 Å². The maximum atomic E-state index is 12.8. The predicted molar refractivity (Wildman–Crippen MR) is 72.0 cm³/mol. The summed E-state index contributed by atoms with van der Waals surface area (Å²) in [4.78, 5) is 13.3. The van der Waals surface area contributed by atoms with Gasteiger partial charge in [0, 0.05) is 13.1 Å². The van der Waals surface area contributed by atoms with Crippen molar-refractivity contribution in [1.29, 1.82) is 0 Å². The topological polar surface area (TPSA) is 46.3 Å². The quantitative estimate of drug-likeness (QED) is 0.808. The molecule has 0 aromatic carbocycles. The van der Waals surface area contributed by atoms with Gasteiger partial charge in [-0.05, 0) is 37.5 Å². The minimum Gasteiger partial charge on any atom is -0.341 e. The molecule has 1 fully saturated rings. The van der Waals surface area contributed by atoms with Gasteiger partial charge in [0.05, 0.1) is 0 Å². The second kappa shape index (κ2) is 5.54. The Hall–Kier alpha value is -0.780. The zero-order valence-corrected chi connectivity index (χ0v) is 12.7. The molecule has 2 N–H and O–H groups in total. The van der Waals surface area contributed by atoms with E-state index < -0.39 is 17.6 Å². The summed E-state index contributed by atoms with van der Waals surface area (Å²) in [6.45, 7) is 7.83. The van der Waals surface area contributed by atoms with Crippen LogP contribution in [0.5, 0.6) is 0 Å². The molecule has 0 aromatic rings. The Labute approximate surface area is 118 Å². The molecule has 1 aliphatic rings. The third kappa shape index (κ3) is 3.65. The van der Waals surface area contributed by atoms with Crippen LogP contribution in [0.15, 0.2) is 0 Å². The van der Waals surface area contributed by atoms with Gasteiger partial charge in [0.2, 0.25) is 0 Å². The van der Waals surface area contributed by atoms with Crippen LogP contribution in [0.2, 0.25) is 0 Å². The van der Waals surface area contributed by atoms with Crippen LogP contribution in [-0.2, 0) is 4.79 Å². The number of carbonyl (C=O) groups excluding carboxylic acids is 1. The maximum Gasteiger partial charge on any atom is 0.415 e. The molecule has 0 spiro atoms. The SMILES string of the molecule is CC(C)(C)C1CCCN(C(=O)C(C)(N)C(F)(F)F)CC1.